The highest BCUT2D eigenvalue weighted by molar-refractivity contribution is 6.29. The molecular weight excluding hydrogens is 216 g/mol. The summed E-state index contributed by atoms with van der Waals surface area (Å²) in [6, 6.07) is 1.66. The van der Waals surface area contributed by atoms with E-state index in [1.807, 2.05) is 21.0 Å². The van der Waals surface area contributed by atoms with Gasteiger partial charge in [0.25, 0.3) is 0 Å². The SMILES string of the molecule is CCOCc1nc(Cl)cc(NN(C)C)n1. The van der Waals surface area contributed by atoms with E-state index >= 15 is 0 Å². The van der Waals surface area contributed by atoms with Gasteiger partial charge in [0.05, 0.1) is 0 Å². The first-order valence-corrected chi connectivity index (χ1v) is 5.04. The molecule has 0 aliphatic rings. The van der Waals surface area contributed by atoms with Crippen molar-refractivity contribution < 1.29 is 4.74 Å². The highest BCUT2D eigenvalue weighted by Crippen LogP contribution is 2.12. The summed E-state index contributed by atoms with van der Waals surface area (Å²) in [4.78, 5) is 8.29. The third-order valence-corrected chi connectivity index (χ3v) is 1.71. The summed E-state index contributed by atoms with van der Waals surface area (Å²) in [7, 11) is 3.75. The number of aromatic nitrogens is 2. The molecule has 0 unspecified atom stereocenters. The van der Waals surface area contributed by atoms with E-state index in [-0.39, 0.29) is 0 Å². The van der Waals surface area contributed by atoms with Gasteiger partial charge in [0.1, 0.15) is 17.6 Å². The molecule has 0 atom stereocenters. The van der Waals surface area contributed by atoms with Gasteiger partial charge in [-0.25, -0.2) is 15.0 Å². The van der Waals surface area contributed by atoms with E-state index in [4.69, 9.17) is 16.3 Å². The molecule has 1 rings (SSSR count). The molecule has 0 saturated heterocycles. The van der Waals surface area contributed by atoms with E-state index in [1.165, 1.54) is 0 Å². The molecule has 0 aliphatic heterocycles. The van der Waals surface area contributed by atoms with Gasteiger partial charge in [0, 0.05) is 26.8 Å². The average molecular weight is 231 g/mol. The molecule has 0 bridgehead atoms. The smallest absolute Gasteiger partial charge is 0.158 e. The monoisotopic (exact) mass is 230 g/mol. The molecule has 0 saturated carbocycles. The Morgan fingerprint density at radius 3 is 2.80 bits per heavy atom. The second kappa shape index (κ2) is 5.85. The Hall–Kier alpha value is -0.910. The van der Waals surface area contributed by atoms with Crippen molar-refractivity contribution in [2.24, 2.45) is 0 Å². The molecule has 1 heterocycles. The molecule has 1 aromatic rings. The number of halogens is 1. The van der Waals surface area contributed by atoms with Crippen LogP contribution in [0.2, 0.25) is 5.15 Å². The van der Waals surface area contributed by atoms with Crippen LogP contribution in [0.3, 0.4) is 0 Å². The highest BCUT2D eigenvalue weighted by Gasteiger charge is 2.03. The molecule has 1 aromatic heterocycles. The number of nitrogens with one attached hydrogen (secondary N) is 1. The van der Waals surface area contributed by atoms with Gasteiger partial charge in [0.2, 0.25) is 0 Å². The Balaban J connectivity index is 2.75. The zero-order chi connectivity index (χ0) is 11.3. The van der Waals surface area contributed by atoms with Crippen molar-refractivity contribution in [3.8, 4) is 0 Å². The van der Waals surface area contributed by atoms with E-state index in [2.05, 4.69) is 15.4 Å². The zero-order valence-electron chi connectivity index (χ0n) is 9.12. The van der Waals surface area contributed by atoms with Gasteiger partial charge in [-0.1, -0.05) is 11.6 Å². The van der Waals surface area contributed by atoms with Gasteiger partial charge in [-0.3, -0.25) is 0 Å². The largest absolute Gasteiger partial charge is 0.374 e. The second-order valence-electron chi connectivity index (χ2n) is 3.14. The van der Waals surface area contributed by atoms with Crippen LogP contribution in [0.15, 0.2) is 6.07 Å². The Morgan fingerprint density at radius 1 is 1.47 bits per heavy atom. The van der Waals surface area contributed by atoms with Gasteiger partial charge in [0.15, 0.2) is 5.82 Å². The molecule has 0 aromatic carbocycles. The number of hydrogen-bond acceptors (Lipinski definition) is 5. The Kier molecular flexibility index (Phi) is 4.74. The fraction of sp³-hybridized carbons (Fsp3) is 0.556. The lowest BCUT2D eigenvalue weighted by Gasteiger charge is -2.13. The fourth-order valence-electron chi connectivity index (χ4n) is 1.01. The number of hydrogen-bond donors (Lipinski definition) is 1. The maximum absolute atomic E-state index is 5.85. The lowest BCUT2D eigenvalue weighted by atomic mass is 10.5. The maximum Gasteiger partial charge on any atom is 0.158 e. The average Bonchev–Trinajstić information content (AvgIpc) is 2.12. The minimum atomic E-state index is 0.374. The number of rotatable bonds is 5. The van der Waals surface area contributed by atoms with Crippen molar-refractivity contribution in [1.82, 2.24) is 15.0 Å². The Labute approximate surface area is 94.4 Å². The summed E-state index contributed by atoms with van der Waals surface area (Å²) in [5, 5.41) is 2.19. The molecule has 1 N–H and O–H groups in total. The summed E-state index contributed by atoms with van der Waals surface area (Å²) in [5.41, 5.74) is 3.00. The van der Waals surface area contributed by atoms with Gasteiger partial charge in [-0.05, 0) is 6.92 Å². The van der Waals surface area contributed by atoms with Crippen molar-refractivity contribution in [2.45, 2.75) is 13.5 Å². The summed E-state index contributed by atoms with van der Waals surface area (Å²) in [6.07, 6.45) is 0. The van der Waals surface area contributed by atoms with Crippen molar-refractivity contribution in [3.63, 3.8) is 0 Å². The van der Waals surface area contributed by atoms with Crippen LogP contribution < -0.4 is 5.43 Å². The van der Waals surface area contributed by atoms with Crippen LogP contribution in [0.1, 0.15) is 12.7 Å². The van der Waals surface area contributed by atoms with Gasteiger partial charge >= 0.3 is 0 Å². The van der Waals surface area contributed by atoms with Crippen LogP contribution >= 0.6 is 11.6 Å². The third-order valence-electron chi connectivity index (χ3n) is 1.51. The van der Waals surface area contributed by atoms with Gasteiger partial charge in [-0.2, -0.15) is 0 Å². The second-order valence-corrected chi connectivity index (χ2v) is 3.52. The first-order chi connectivity index (χ1) is 7.11. The summed E-state index contributed by atoms with van der Waals surface area (Å²) in [6.45, 7) is 2.93. The molecule has 6 heteroatoms. The first kappa shape index (κ1) is 12.2. The summed E-state index contributed by atoms with van der Waals surface area (Å²) >= 11 is 5.85. The molecule has 0 fully saturated rings. The lowest BCUT2D eigenvalue weighted by molar-refractivity contribution is 0.128. The number of hydrazine groups is 1. The summed E-state index contributed by atoms with van der Waals surface area (Å²) < 4.78 is 5.21. The van der Waals surface area contributed by atoms with E-state index in [0.29, 0.717) is 30.0 Å². The van der Waals surface area contributed by atoms with Crippen LogP contribution in [0.4, 0.5) is 5.82 Å². The number of ether oxygens (including phenoxy) is 1. The van der Waals surface area contributed by atoms with E-state index in [1.54, 1.807) is 11.1 Å². The number of nitrogens with zero attached hydrogens (tertiary/aromatic N) is 3. The quantitative estimate of drug-likeness (QED) is 0.615. The van der Waals surface area contributed by atoms with Crippen LogP contribution in [0.25, 0.3) is 0 Å². The minimum absolute atomic E-state index is 0.374. The summed E-state index contributed by atoms with van der Waals surface area (Å²) in [5.74, 6) is 1.24. The highest BCUT2D eigenvalue weighted by atomic mass is 35.5. The molecule has 0 radical (unpaired) electrons. The first-order valence-electron chi connectivity index (χ1n) is 4.67. The van der Waals surface area contributed by atoms with E-state index < -0.39 is 0 Å². The van der Waals surface area contributed by atoms with Crippen molar-refractivity contribution >= 4 is 17.4 Å². The third kappa shape index (κ3) is 4.42. The molecule has 0 amide bonds. The Morgan fingerprint density at radius 2 is 2.20 bits per heavy atom. The van der Waals surface area contributed by atoms with Crippen LogP contribution in [-0.4, -0.2) is 35.7 Å². The molecule has 15 heavy (non-hydrogen) atoms. The lowest BCUT2D eigenvalue weighted by Crippen LogP contribution is -2.21. The van der Waals surface area contributed by atoms with Crippen LogP contribution in [0.5, 0.6) is 0 Å². The maximum atomic E-state index is 5.85. The topological polar surface area (TPSA) is 50.3 Å². The Bertz CT molecular complexity index is 319. The van der Waals surface area contributed by atoms with Crippen molar-refractivity contribution in [1.29, 1.82) is 0 Å². The van der Waals surface area contributed by atoms with Gasteiger partial charge in [-0.15, -0.1) is 0 Å². The van der Waals surface area contributed by atoms with E-state index in [0.717, 1.165) is 0 Å². The fourth-order valence-corrected chi connectivity index (χ4v) is 1.21. The molecular formula is C9H15ClN4O. The van der Waals surface area contributed by atoms with E-state index in [9.17, 15) is 0 Å². The molecule has 5 nitrogen and oxygen atoms in total. The van der Waals surface area contributed by atoms with Crippen LogP contribution in [-0.2, 0) is 11.3 Å². The van der Waals surface area contributed by atoms with Gasteiger partial charge < -0.3 is 10.2 Å². The number of anilines is 1. The molecule has 0 spiro atoms. The van der Waals surface area contributed by atoms with Crippen molar-refractivity contribution in [3.05, 3.63) is 17.0 Å². The van der Waals surface area contributed by atoms with Crippen LogP contribution in [0, 0.1) is 0 Å². The standard InChI is InChI=1S/C9H15ClN4O/c1-4-15-6-9-11-7(10)5-8(12-9)13-14(2)3/h5H,4,6H2,1-3H3,(H,11,12,13). The predicted octanol–water partition coefficient (Wildman–Crippen LogP) is 1.55. The molecule has 84 valence electrons. The normalized spacial score (nSPS) is 10.7. The minimum Gasteiger partial charge on any atom is -0.374 e. The molecule has 0 aliphatic carbocycles. The predicted molar refractivity (Wildman–Crippen MR) is 59.7 cm³/mol. The van der Waals surface area contributed by atoms with Crippen molar-refractivity contribution in [2.75, 3.05) is 26.1 Å². The zero-order valence-corrected chi connectivity index (χ0v) is 9.88.